The summed E-state index contributed by atoms with van der Waals surface area (Å²) in [6.45, 7) is 0. The highest BCUT2D eigenvalue weighted by molar-refractivity contribution is 6.33. The lowest BCUT2D eigenvalue weighted by atomic mass is 9.90. The van der Waals surface area contributed by atoms with Crippen molar-refractivity contribution in [3.63, 3.8) is 0 Å². The Hall–Kier alpha value is -3.52. The molecule has 0 saturated carbocycles. The van der Waals surface area contributed by atoms with Gasteiger partial charge in [0.2, 0.25) is 0 Å². The van der Waals surface area contributed by atoms with Crippen LogP contribution in [0, 0.1) is 0 Å². The van der Waals surface area contributed by atoms with Crippen molar-refractivity contribution in [1.82, 2.24) is 0 Å². The van der Waals surface area contributed by atoms with Crippen LogP contribution in [0.25, 0.3) is 32.7 Å². The zero-order valence-corrected chi connectivity index (χ0v) is 14.1. The summed E-state index contributed by atoms with van der Waals surface area (Å²) < 4.78 is 0. The Kier molecular flexibility index (Phi) is 4.16. The second-order valence-electron chi connectivity index (χ2n) is 6.12. The lowest BCUT2D eigenvalue weighted by molar-refractivity contribution is -0.105. The minimum Gasteiger partial charge on any atom is -0.298 e. The molecule has 0 aliphatic rings. The molecule has 4 aromatic carbocycles. The zero-order chi connectivity index (χ0) is 17.9. The quantitative estimate of drug-likeness (QED) is 0.288. The first-order valence-corrected chi connectivity index (χ1v) is 8.44. The summed E-state index contributed by atoms with van der Waals surface area (Å²) in [5, 5.41) is 3.98. The molecule has 0 N–H and O–H groups in total. The van der Waals surface area contributed by atoms with Gasteiger partial charge < -0.3 is 0 Å². The van der Waals surface area contributed by atoms with Crippen molar-refractivity contribution in [3.8, 4) is 0 Å². The van der Waals surface area contributed by atoms with Crippen molar-refractivity contribution >= 4 is 45.3 Å². The van der Waals surface area contributed by atoms with Gasteiger partial charge in [-0.15, -0.1) is 0 Å². The first-order valence-electron chi connectivity index (χ1n) is 8.44. The normalized spacial score (nSPS) is 12.0. The third-order valence-corrected chi connectivity index (χ3v) is 4.69. The van der Waals surface area contributed by atoms with Gasteiger partial charge in [0, 0.05) is 11.1 Å². The van der Waals surface area contributed by atoms with Crippen LogP contribution in [-0.4, -0.2) is 12.6 Å². The largest absolute Gasteiger partial charge is 0.298 e. The molecule has 0 aliphatic heterocycles. The van der Waals surface area contributed by atoms with Crippen molar-refractivity contribution < 1.29 is 9.59 Å². The first-order chi connectivity index (χ1) is 12.8. The van der Waals surface area contributed by atoms with Crippen molar-refractivity contribution in [2.75, 3.05) is 0 Å². The fourth-order valence-electron chi connectivity index (χ4n) is 3.46. The first kappa shape index (κ1) is 16.0. The van der Waals surface area contributed by atoms with E-state index >= 15 is 0 Å². The highest BCUT2D eigenvalue weighted by Crippen LogP contribution is 2.32. The topological polar surface area (TPSA) is 34.1 Å². The van der Waals surface area contributed by atoms with E-state index in [0.717, 1.165) is 45.2 Å². The number of allylic oxidation sites excluding steroid dienone is 2. The van der Waals surface area contributed by atoms with Crippen LogP contribution in [0.4, 0.5) is 0 Å². The summed E-state index contributed by atoms with van der Waals surface area (Å²) in [6.07, 6.45) is 1.57. The molecular formula is C24H16O2. The second kappa shape index (κ2) is 6.77. The number of hydrogen-bond donors (Lipinski definition) is 0. The fourth-order valence-corrected chi connectivity index (χ4v) is 3.46. The van der Waals surface area contributed by atoms with Gasteiger partial charge in [-0.1, -0.05) is 84.9 Å². The van der Waals surface area contributed by atoms with Gasteiger partial charge in [-0.2, -0.15) is 0 Å². The Morgan fingerprint density at radius 1 is 0.500 bits per heavy atom. The Labute approximate surface area is 151 Å². The Morgan fingerprint density at radius 3 is 1.31 bits per heavy atom. The number of fused-ring (bicyclic) bond motifs is 2. The lowest BCUT2D eigenvalue weighted by Gasteiger charge is -2.12. The van der Waals surface area contributed by atoms with Gasteiger partial charge in [0.15, 0.2) is 12.6 Å². The van der Waals surface area contributed by atoms with Gasteiger partial charge in [0.05, 0.1) is 0 Å². The van der Waals surface area contributed by atoms with Gasteiger partial charge >= 0.3 is 0 Å². The van der Waals surface area contributed by atoms with Crippen LogP contribution >= 0.6 is 0 Å². The third-order valence-electron chi connectivity index (χ3n) is 4.69. The van der Waals surface area contributed by atoms with E-state index in [-0.39, 0.29) is 0 Å². The van der Waals surface area contributed by atoms with Gasteiger partial charge in [-0.3, -0.25) is 9.59 Å². The maximum atomic E-state index is 12.0. The monoisotopic (exact) mass is 336 g/mol. The Bertz CT molecular complexity index is 1070. The molecule has 4 aromatic rings. The van der Waals surface area contributed by atoms with E-state index in [4.69, 9.17) is 0 Å². The van der Waals surface area contributed by atoms with Crippen molar-refractivity contribution in [3.05, 3.63) is 96.1 Å². The van der Waals surface area contributed by atoms with E-state index in [1.807, 2.05) is 84.9 Å². The minimum absolute atomic E-state index is 0.410. The molecule has 0 bridgehead atoms. The molecule has 0 aliphatic carbocycles. The van der Waals surface area contributed by atoms with Crippen LogP contribution in [0.15, 0.2) is 84.9 Å². The summed E-state index contributed by atoms with van der Waals surface area (Å²) >= 11 is 0. The predicted molar refractivity (Wildman–Crippen MR) is 107 cm³/mol. The molecule has 2 heteroatoms. The molecule has 0 fully saturated rings. The van der Waals surface area contributed by atoms with Gasteiger partial charge in [0.25, 0.3) is 0 Å². The maximum Gasteiger partial charge on any atom is 0.151 e. The van der Waals surface area contributed by atoms with Crippen LogP contribution in [0.5, 0.6) is 0 Å². The maximum absolute atomic E-state index is 12.0. The molecule has 0 atom stereocenters. The summed E-state index contributed by atoms with van der Waals surface area (Å²) in [6, 6.07) is 27.3. The molecule has 26 heavy (non-hydrogen) atoms. The van der Waals surface area contributed by atoms with Gasteiger partial charge in [-0.25, -0.2) is 0 Å². The minimum atomic E-state index is 0.410. The SMILES string of the molecule is O=C/C(=C(/C=O)c1cccc2ccccc12)c1cccc2ccccc12. The van der Waals surface area contributed by atoms with E-state index in [1.165, 1.54) is 0 Å². The third kappa shape index (κ3) is 2.62. The van der Waals surface area contributed by atoms with Gasteiger partial charge in [0.1, 0.15) is 0 Å². The number of hydrogen-bond acceptors (Lipinski definition) is 2. The van der Waals surface area contributed by atoms with Crippen LogP contribution in [0.1, 0.15) is 11.1 Å². The smallest absolute Gasteiger partial charge is 0.151 e. The molecule has 0 heterocycles. The molecule has 4 rings (SSSR count). The van der Waals surface area contributed by atoms with Gasteiger partial charge in [-0.05, 0) is 32.7 Å². The van der Waals surface area contributed by atoms with Crippen LogP contribution in [0.2, 0.25) is 0 Å². The van der Waals surface area contributed by atoms with Crippen LogP contribution in [0.3, 0.4) is 0 Å². The highest BCUT2D eigenvalue weighted by atomic mass is 16.1. The van der Waals surface area contributed by atoms with E-state index < -0.39 is 0 Å². The number of carbonyl (C=O) groups is 2. The highest BCUT2D eigenvalue weighted by Gasteiger charge is 2.15. The summed E-state index contributed by atoms with van der Waals surface area (Å²) in [5.74, 6) is 0. The van der Waals surface area contributed by atoms with Crippen molar-refractivity contribution in [1.29, 1.82) is 0 Å². The molecule has 0 saturated heterocycles. The van der Waals surface area contributed by atoms with Crippen LogP contribution < -0.4 is 0 Å². The predicted octanol–water partition coefficient (Wildman–Crippen LogP) is 5.30. The molecule has 124 valence electrons. The van der Waals surface area contributed by atoms with E-state index in [2.05, 4.69) is 0 Å². The molecule has 2 nitrogen and oxygen atoms in total. The fraction of sp³-hybridized carbons (Fsp3) is 0. The number of rotatable bonds is 4. The summed E-state index contributed by atoms with van der Waals surface area (Å²) in [5.41, 5.74) is 2.36. The molecule has 0 radical (unpaired) electrons. The summed E-state index contributed by atoms with van der Waals surface area (Å²) in [4.78, 5) is 24.1. The Morgan fingerprint density at radius 2 is 0.885 bits per heavy atom. The molecular weight excluding hydrogens is 320 g/mol. The number of benzene rings is 4. The average molecular weight is 336 g/mol. The second-order valence-corrected chi connectivity index (χ2v) is 6.12. The molecule has 0 unspecified atom stereocenters. The molecule has 0 spiro atoms. The van der Waals surface area contributed by atoms with Crippen LogP contribution in [-0.2, 0) is 9.59 Å². The molecule has 0 amide bonds. The standard InChI is InChI=1S/C24H16O2/c25-15-23(21-13-5-9-17-7-1-3-11-19(17)21)24(16-26)22-14-6-10-18-8-2-4-12-20(18)22/h1-16H/b24-23+. The van der Waals surface area contributed by atoms with Crippen molar-refractivity contribution in [2.24, 2.45) is 0 Å². The van der Waals surface area contributed by atoms with E-state index in [0.29, 0.717) is 11.1 Å². The Balaban J connectivity index is 2.07. The van der Waals surface area contributed by atoms with E-state index in [9.17, 15) is 9.59 Å². The number of carbonyl (C=O) groups excluding carboxylic acids is 2. The average Bonchev–Trinajstić information content (AvgIpc) is 2.71. The zero-order valence-electron chi connectivity index (χ0n) is 14.1. The van der Waals surface area contributed by atoms with E-state index in [1.54, 1.807) is 0 Å². The number of aldehydes is 2. The summed E-state index contributed by atoms with van der Waals surface area (Å²) in [7, 11) is 0. The van der Waals surface area contributed by atoms with Crippen molar-refractivity contribution in [2.45, 2.75) is 0 Å². The lowest BCUT2D eigenvalue weighted by Crippen LogP contribution is -1.97. The molecule has 0 aromatic heterocycles.